The smallest absolute Gasteiger partial charge is 0.253 e. The summed E-state index contributed by atoms with van der Waals surface area (Å²) in [7, 11) is 1.87. The molecule has 1 saturated heterocycles. The SMILES string of the molecule is CN(CC(CCN1CCNCC1)c1ccc(Cl)c(Cl)c1)C(=O)c1ccccc1. The van der Waals surface area contributed by atoms with Crippen LogP contribution in [0.25, 0.3) is 0 Å². The summed E-state index contributed by atoms with van der Waals surface area (Å²) < 4.78 is 0. The molecule has 1 aliphatic rings. The molecule has 1 amide bonds. The van der Waals surface area contributed by atoms with Crippen molar-refractivity contribution in [3.63, 3.8) is 0 Å². The molecule has 0 bridgehead atoms. The number of carbonyl (C=O) groups is 1. The molecule has 2 aromatic carbocycles. The number of nitrogens with one attached hydrogen (secondary N) is 1. The fourth-order valence-electron chi connectivity index (χ4n) is 3.62. The topological polar surface area (TPSA) is 35.6 Å². The molecule has 3 rings (SSSR count). The summed E-state index contributed by atoms with van der Waals surface area (Å²) in [5.41, 5.74) is 1.83. The molecular weight excluding hydrogens is 393 g/mol. The number of rotatable bonds is 7. The van der Waals surface area contributed by atoms with Crippen LogP contribution in [0.3, 0.4) is 0 Å². The maximum atomic E-state index is 12.8. The maximum Gasteiger partial charge on any atom is 0.253 e. The Kier molecular flexibility index (Phi) is 7.74. The fourth-order valence-corrected chi connectivity index (χ4v) is 3.92. The van der Waals surface area contributed by atoms with E-state index in [1.807, 2.05) is 55.6 Å². The van der Waals surface area contributed by atoms with E-state index in [4.69, 9.17) is 23.2 Å². The van der Waals surface area contributed by atoms with Crippen molar-refractivity contribution < 1.29 is 4.79 Å². The highest BCUT2D eigenvalue weighted by Gasteiger charge is 2.21. The standard InChI is InChI=1S/C22H27Cl2N3O/c1-26(22(28)17-5-3-2-4-6-17)16-19(9-12-27-13-10-25-11-14-27)18-7-8-20(23)21(24)15-18/h2-8,15,19,25H,9-14,16H2,1H3. The van der Waals surface area contributed by atoms with Crippen molar-refractivity contribution in [3.05, 3.63) is 69.7 Å². The Hall–Kier alpha value is -1.59. The van der Waals surface area contributed by atoms with Crippen molar-refractivity contribution in [2.24, 2.45) is 0 Å². The summed E-state index contributed by atoms with van der Waals surface area (Å²) in [5, 5.41) is 4.50. The molecule has 0 saturated carbocycles. The molecule has 1 aliphatic heterocycles. The molecule has 0 aliphatic carbocycles. The molecule has 1 unspecified atom stereocenters. The van der Waals surface area contributed by atoms with E-state index in [1.165, 1.54) is 0 Å². The van der Waals surface area contributed by atoms with Gasteiger partial charge in [-0.25, -0.2) is 0 Å². The second-order valence-electron chi connectivity index (χ2n) is 7.30. The first-order valence-electron chi connectivity index (χ1n) is 9.73. The molecule has 0 aromatic heterocycles. The Morgan fingerprint density at radius 3 is 2.50 bits per heavy atom. The number of piperazine rings is 1. The Morgan fingerprint density at radius 1 is 1.11 bits per heavy atom. The number of nitrogens with zero attached hydrogens (tertiary/aromatic N) is 2. The van der Waals surface area contributed by atoms with Gasteiger partial charge in [0.1, 0.15) is 0 Å². The molecular formula is C22H27Cl2N3O. The lowest BCUT2D eigenvalue weighted by molar-refractivity contribution is 0.0782. The number of amides is 1. The Morgan fingerprint density at radius 2 is 1.82 bits per heavy atom. The Balaban J connectivity index is 1.72. The predicted molar refractivity (Wildman–Crippen MR) is 117 cm³/mol. The van der Waals surface area contributed by atoms with E-state index in [9.17, 15) is 4.79 Å². The number of hydrogen-bond acceptors (Lipinski definition) is 3. The van der Waals surface area contributed by atoms with E-state index in [0.29, 0.717) is 22.2 Å². The van der Waals surface area contributed by atoms with Crippen LogP contribution in [0.4, 0.5) is 0 Å². The van der Waals surface area contributed by atoms with E-state index < -0.39 is 0 Å². The molecule has 6 heteroatoms. The van der Waals surface area contributed by atoms with E-state index in [-0.39, 0.29) is 11.8 Å². The average Bonchev–Trinajstić information content (AvgIpc) is 2.73. The fraction of sp³-hybridized carbons (Fsp3) is 0.409. The molecule has 2 aromatic rings. The van der Waals surface area contributed by atoms with E-state index in [2.05, 4.69) is 10.2 Å². The molecule has 1 atom stereocenters. The second kappa shape index (κ2) is 10.3. The lowest BCUT2D eigenvalue weighted by atomic mass is 9.94. The highest BCUT2D eigenvalue weighted by molar-refractivity contribution is 6.42. The van der Waals surface area contributed by atoms with Crippen LogP contribution < -0.4 is 5.32 Å². The van der Waals surface area contributed by atoms with Gasteiger partial charge < -0.3 is 15.1 Å². The van der Waals surface area contributed by atoms with Crippen LogP contribution in [0.1, 0.15) is 28.3 Å². The Bertz CT molecular complexity index is 779. The predicted octanol–water partition coefficient (Wildman–Crippen LogP) is 4.14. The van der Waals surface area contributed by atoms with Gasteiger partial charge in [-0.3, -0.25) is 4.79 Å². The molecule has 4 nitrogen and oxygen atoms in total. The highest BCUT2D eigenvalue weighted by atomic mass is 35.5. The summed E-state index contributed by atoms with van der Waals surface area (Å²) in [6.07, 6.45) is 0.963. The zero-order valence-electron chi connectivity index (χ0n) is 16.2. The number of hydrogen-bond donors (Lipinski definition) is 1. The zero-order valence-corrected chi connectivity index (χ0v) is 17.7. The maximum absolute atomic E-state index is 12.8. The average molecular weight is 420 g/mol. The van der Waals surface area contributed by atoms with E-state index in [1.54, 1.807) is 4.90 Å². The van der Waals surface area contributed by atoms with E-state index >= 15 is 0 Å². The van der Waals surface area contributed by atoms with Gasteiger partial charge >= 0.3 is 0 Å². The van der Waals surface area contributed by atoms with Crippen LogP contribution in [0, 0.1) is 0 Å². The quantitative estimate of drug-likeness (QED) is 0.731. The molecule has 1 N–H and O–H groups in total. The number of likely N-dealkylation sites (N-methyl/N-ethyl adjacent to an activating group) is 1. The first kappa shape index (κ1) is 21.1. The lowest BCUT2D eigenvalue weighted by Gasteiger charge is -2.30. The minimum atomic E-state index is 0.0350. The lowest BCUT2D eigenvalue weighted by Crippen LogP contribution is -2.44. The molecule has 0 radical (unpaired) electrons. The van der Waals surface area contributed by atoms with Gasteiger partial charge in [-0.2, -0.15) is 0 Å². The van der Waals surface area contributed by atoms with Gasteiger partial charge in [0.05, 0.1) is 10.0 Å². The van der Waals surface area contributed by atoms with Crippen LogP contribution in [-0.2, 0) is 0 Å². The van der Waals surface area contributed by atoms with Gasteiger partial charge in [0.25, 0.3) is 5.91 Å². The number of benzene rings is 2. The van der Waals surface area contributed by atoms with Crippen molar-refractivity contribution >= 4 is 29.1 Å². The summed E-state index contributed by atoms with van der Waals surface area (Å²) in [6.45, 7) is 5.82. The van der Waals surface area contributed by atoms with Crippen molar-refractivity contribution in [2.45, 2.75) is 12.3 Å². The molecule has 150 valence electrons. The third-order valence-electron chi connectivity index (χ3n) is 5.28. The van der Waals surface area contributed by atoms with Crippen molar-refractivity contribution in [1.29, 1.82) is 0 Å². The normalized spacial score (nSPS) is 16.0. The summed E-state index contributed by atoms with van der Waals surface area (Å²) >= 11 is 12.4. The monoisotopic (exact) mass is 419 g/mol. The Labute approximate surface area is 177 Å². The van der Waals surface area contributed by atoms with Gasteiger partial charge in [-0.05, 0) is 42.8 Å². The molecule has 0 spiro atoms. The first-order chi connectivity index (χ1) is 13.5. The highest BCUT2D eigenvalue weighted by Crippen LogP contribution is 2.29. The van der Waals surface area contributed by atoms with Gasteiger partial charge in [0.2, 0.25) is 0 Å². The number of carbonyl (C=O) groups excluding carboxylic acids is 1. The van der Waals surface area contributed by atoms with Crippen molar-refractivity contribution in [3.8, 4) is 0 Å². The van der Waals surface area contributed by atoms with Gasteiger partial charge in [0, 0.05) is 51.3 Å². The van der Waals surface area contributed by atoms with Crippen LogP contribution >= 0.6 is 23.2 Å². The minimum Gasteiger partial charge on any atom is -0.341 e. The summed E-state index contributed by atoms with van der Waals surface area (Å²) in [4.78, 5) is 17.1. The molecule has 28 heavy (non-hydrogen) atoms. The van der Waals surface area contributed by atoms with E-state index in [0.717, 1.165) is 44.7 Å². The first-order valence-corrected chi connectivity index (χ1v) is 10.5. The molecule has 1 fully saturated rings. The van der Waals surface area contributed by atoms with Gasteiger partial charge in [-0.15, -0.1) is 0 Å². The summed E-state index contributed by atoms with van der Waals surface area (Å²) in [6, 6.07) is 15.2. The van der Waals surface area contributed by atoms with Crippen LogP contribution in [0.2, 0.25) is 10.0 Å². The number of halogens is 2. The van der Waals surface area contributed by atoms with Crippen LogP contribution in [-0.4, -0.2) is 62.0 Å². The van der Waals surface area contributed by atoms with Crippen molar-refractivity contribution in [2.75, 3.05) is 46.3 Å². The summed E-state index contributed by atoms with van der Waals surface area (Å²) in [5.74, 6) is 0.232. The van der Waals surface area contributed by atoms with Gasteiger partial charge in [0.15, 0.2) is 0 Å². The van der Waals surface area contributed by atoms with Gasteiger partial charge in [-0.1, -0.05) is 47.5 Å². The third-order valence-corrected chi connectivity index (χ3v) is 6.02. The van der Waals surface area contributed by atoms with Crippen LogP contribution in [0.15, 0.2) is 48.5 Å². The largest absolute Gasteiger partial charge is 0.341 e. The zero-order chi connectivity index (χ0) is 19.9. The molecule has 1 heterocycles. The second-order valence-corrected chi connectivity index (χ2v) is 8.12. The minimum absolute atomic E-state index is 0.0350. The van der Waals surface area contributed by atoms with Crippen molar-refractivity contribution in [1.82, 2.24) is 15.1 Å². The van der Waals surface area contributed by atoms with Crippen LogP contribution in [0.5, 0.6) is 0 Å². The third kappa shape index (κ3) is 5.71.